The zero-order chi connectivity index (χ0) is 37.9. The molecule has 1 radical (unpaired) electrons. The molecule has 0 aliphatic carbocycles. The SMILES string of the molecule is CC(C)c1cc(C(C)C)c(-c2ccc3c(n2)N(c2[c-]cccc2)[CH-]N3C(C)C)c(C(C)C)c1.[Ir].[c-]1ccccc1N1[CH-]N(c2ccccc2)c2nccnc21. The quantitative estimate of drug-likeness (QED) is 0.141. The number of benzene rings is 4. The van der Waals surface area contributed by atoms with Crippen molar-refractivity contribution in [2.75, 3.05) is 19.6 Å². The fraction of sp³-hybridized carbons (Fsp3) is 0.255. The Morgan fingerprint density at radius 2 is 1.11 bits per heavy atom. The van der Waals surface area contributed by atoms with E-state index in [1.165, 1.54) is 22.3 Å². The van der Waals surface area contributed by atoms with Gasteiger partial charge in [0, 0.05) is 49.4 Å². The maximum Gasteiger partial charge on any atom is 0.145 e. The van der Waals surface area contributed by atoms with Gasteiger partial charge in [0.1, 0.15) is 17.5 Å². The van der Waals surface area contributed by atoms with Gasteiger partial charge < -0.3 is 19.6 Å². The smallest absolute Gasteiger partial charge is 0.145 e. The second-order valence-electron chi connectivity index (χ2n) is 15.0. The third-order valence-electron chi connectivity index (χ3n) is 9.83. The van der Waals surface area contributed by atoms with Crippen molar-refractivity contribution in [3.05, 3.63) is 158 Å². The monoisotopic (exact) mass is 904 g/mol. The molecule has 0 bridgehead atoms. The van der Waals surface area contributed by atoms with Crippen LogP contribution < -0.4 is 19.6 Å². The van der Waals surface area contributed by atoms with Crippen LogP contribution in [0.4, 0.5) is 40.2 Å². The standard InChI is InChI=1S/C30H37N3.C17H12N4.Ir/c1-19(2)23-16-25(20(3)4)29(26(17-23)21(5)6)27-14-15-28-30(31-27)33(18-32(28)22(7)8)24-12-10-9-11-13-24;1-3-7-14(8-4-1)20-13-21(15-9-5-2-6-10-15)17-16(20)18-11-12-19-17;/h9-12,14-22H,1-8H3;1-9,11-13H;/q2*-2;. The van der Waals surface area contributed by atoms with Gasteiger partial charge in [0.05, 0.1) is 5.69 Å². The van der Waals surface area contributed by atoms with Crippen LogP contribution in [-0.4, -0.2) is 21.0 Å². The van der Waals surface area contributed by atoms with Crippen LogP contribution in [0.2, 0.25) is 0 Å². The molecule has 0 atom stereocenters. The number of pyridine rings is 1. The number of hydrogen-bond acceptors (Lipinski definition) is 7. The number of nitrogens with zero attached hydrogens (tertiary/aromatic N) is 7. The second-order valence-corrected chi connectivity index (χ2v) is 15.0. The van der Waals surface area contributed by atoms with E-state index in [1.54, 1.807) is 12.4 Å². The van der Waals surface area contributed by atoms with Gasteiger partial charge in [-0.1, -0.05) is 71.9 Å². The molecule has 0 amide bonds. The molecule has 285 valence electrons. The first-order chi connectivity index (χ1) is 26.1. The van der Waals surface area contributed by atoms with Gasteiger partial charge in [0.15, 0.2) is 0 Å². The molecule has 0 N–H and O–H groups in total. The van der Waals surface area contributed by atoms with Gasteiger partial charge in [-0.15, -0.1) is 24.7 Å². The number of aromatic nitrogens is 3. The maximum absolute atomic E-state index is 5.31. The van der Waals surface area contributed by atoms with Crippen LogP contribution in [0.1, 0.15) is 89.8 Å². The average Bonchev–Trinajstić information content (AvgIpc) is 3.78. The summed E-state index contributed by atoms with van der Waals surface area (Å²) in [5.41, 5.74) is 10.7. The van der Waals surface area contributed by atoms with E-state index in [0.717, 1.165) is 45.9 Å². The van der Waals surface area contributed by atoms with E-state index in [9.17, 15) is 0 Å². The molecule has 2 aliphatic rings. The average molecular weight is 904 g/mol. The van der Waals surface area contributed by atoms with E-state index in [0.29, 0.717) is 23.8 Å². The Hall–Kier alpha value is -5.04. The molecule has 8 rings (SSSR count). The second kappa shape index (κ2) is 17.2. The minimum atomic E-state index is 0. The Kier molecular flexibility index (Phi) is 12.4. The fourth-order valence-corrected chi connectivity index (χ4v) is 6.95. The largest absolute Gasteiger partial charge is 0.498 e. The summed E-state index contributed by atoms with van der Waals surface area (Å²) in [6.07, 6.45) is 3.41. The number of anilines is 7. The molecule has 6 aromatic rings. The van der Waals surface area contributed by atoms with Crippen molar-refractivity contribution in [2.24, 2.45) is 0 Å². The van der Waals surface area contributed by atoms with E-state index >= 15 is 0 Å². The van der Waals surface area contributed by atoms with Gasteiger partial charge in [-0.3, -0.25) is 0 Å². The van der Waals surface area contributed by atoms with Crippen LogP contribution in [0.3, 0.4) is 0 Å². The third kappa shape index (κ3) is 8.17. The van der Waals surface area contributed by atoms with Crippen LogP contribution in [0.25, 0.3) is 11.3 Å². The molecule has 7 nitrogen and oxygen atoms in total. The van der Waals surface area contributed by atoms with Crippen molar-refractivity contribution in [3.8, 4) is 11.3 Å². The van der Waals surface area contributed by atoms with Crippen molar-refractivity contribution in [2.45, 2.75) is 79.2 Å². The number of para-hydroxylation sites is 3. The summed E-state index contributed by atoms with van der Waals surface area (Å²) in [7, 11) is 0. The molecular weight excluding hydrogens is 855 g/mol. The predicted octanol–water partition coefficient (Wildman–Crippen LogP) is 12.1. The molecule has 2 aliphatic heterocycles. The Labute approximate surface area is 341 Å². The van der Waals surface area contributed by atoms with Gasteiger partial charge in [-0.05, 0) is 78.6 Å². The zero-order valence-corrected chi connectivity index (χ0v) is 35.3. The molecule has 0 saturated heterocycles. The summed E-state index contributed by atoms with van der Waals surface area (Å²) in [4.78, 5) is 22.7. The molecule has 4 heterocycles. The molecule has 0 spiro atoms. The molecule has 2 aromatic heterocycles. The summed E-state index contributed by atoms with van der Waals surface area (Å²) in [5.74, 6) is 3.94. The normalized spacial score (nSPS) is 13.3. The van der Waals surface area contributed by atoms with Crippen LogP contribution in [0.5, 0.6) is 0 Å². The van der Waals surface area contributed by atoms with Gasteiger partial charge in [0.25, 0.3) is 0 Å². The first-order valence-corrected chi connectivity index (χ1v) is 19.0. The maximum atomic E-state index is 5.31. The molecule has 0 unspecified atom stereocenters. The first-order valence-electron chi connectivity index (χ1n) is 19.0. The summed E-state index contributed by atoms with van der Waals surface area (Å²) in [6, 6.07) is 42.3. The molecule has 55 heavy (non-hydrogen) atoms. The fourth-order valence-electron chi connectivity index (χ4n) is 6.95. The molecule has 0 fully saturated rings. The minimum Gasteiger partial charge on any atom is -0.498 e. The topological polar surface area (TPSA) is 51.6 Å². The van der Waals surface area contributed by atoms with E-state index in [1.807, 2.05) is 83.2 Å². The van der Waals surface area contributed by atoms with Crippen LogP contribution in [0, 0.1) is 25.5 Å². The Bertz CT molecular complexity index is 2080. The zero-order valence-electron chi connectivity index (χ0n) is 32.9. The van der Waals surface area contributed by atoms with Crippen molar-refractivity contribution < 1.29 is 20.1 Å². The van der Waals surface area contributed by atoms with Crippen molar-refractivity contribution in [3.63, 3.8) is 0 Å². The number of hydrogen-bond donors (Lipinski definition) is 0. The molecule has 8 heteroatoms. The summed E-state index contributed by atoms with van der Waals surface area (Å²) in [5, 5.41) is 0. The minimum absolute atomic E-state index is 0. The van der Waals surface area contributed by atoms with Crippen molar-refractivity contribution >= 4 is 40.2 Å². The van der Waals surface area contributed by atoms with Gasteiger partial charge >= 0.3 is 0 Å². The van der Waals surface area contributed by atoms with Gasteiger partial charge in [-0.2, -0.15) is 60.7 Å². The summed E-state index contributed by atoms with van der Waals surface area (Å²) >= 11 is 0. The molecule has 0 saturated carbocycles. The van der Waals surface area contributed by atoms with Gasteiger partial charge in [-0.25, -0.2) is 15.0 Å². The first kappa shape index (κ1) is 39.6. The van der Waals surface area contributed by atoms with Crippen molar-refractivity contribution in [1.29, 1.82) is 0 Å². The van der Waals surface area contributed by atoms with Crippen LogP contribution >= 0.6 is 0 Å². The Morgan fingerprint density at radius 1 is 0.564 bits per heavy atom. The number of rotatable bonds is 8. The van der Waals surface area contributed by atoms with E-state index in [4.69, 9.17) is 4.98 Å². The van der Waals surface area contributed by atoms with E-state index < -0.39 is 0 Å². The molecule has 4 aromatic carbocycles. The third-order valence-corrected chi connectivity index (χ3v) is 9.83. The predicted molar refractivity (Wildman–Crippen MR) is 224 cm³/mol. The van der Waals surface area contributed by atoms with Gasteiger partial charge in [0.2, 0.25) is 0 Å². The van der Waals surface area contributed by atoms with E-state index in [-0.39, 0.29) is 20.1 Å². The van der Waals surface area contributed by atoms with E-state index in [2.05, 4.69) is 130 Å². The Morgan fingerprint density at radius 3 is 1.62 bits per heavy atom. The summed E-state index contributed by atoms with van der Waals surface area (Å²) < 4.78 is 0. The Balaban J connectivity index is 0.000000201. The summed E-state index contributed by atoms with van der Waals surface area (Å²) in [6.45, 7) is 22.3. The van der Waals surface area contributed by atoms with Crippen LogP contribution in [0.15, 0.2) is 116 Å². The van der Waals surface area contributed by atoms with Crippen molar-refractivity contribution in [1.82, 2.24) is 15.0 Å². The van der Waals surface area contributed by atoms with Crippen LogP contribution in [-0.2, 0) is 20.1 Å². The molecular formula is C47H49IrN7-4. The number of fused-ring (bicyclic) bond motifs is 2.